The topological polar surface area (TPSA) is 79.5 Å². The Balaban J connectivity index is 1.99. The van der Waals surface area contributed by atoms with Gasteiger partial charge in [-0.3, -0.25) is 19.5 Å². The Labute approximate surface area is 122 Å². The van der Waals surface area contributed by atoms with Crippen LogP contribution in [0.3, 0.4) is 0 Å². The molecule has 0 aliphatic carbocycles. The van der Waals surface area contributed by atoms with E-state index in [4.69, 9.17) is 5.73 Å². The lowest BCUT2D eigenvalue weighted by Crippen LogP contribution is -2.44. The van der Waals surface area contributed by atoms with Crippen LogP contribution < -0.4 is 5.73 Å². The molecule has 0 bridgehead atoms. The van der Waals surface area contributed by atoms with Crippen LogP contribution in [0.1, 0.15) is 16.9 Å². The average Bonchev–Trinajstić information content (AvgIpc) is 2.77. The summed E-state index contributed by atoms with van der Waals surface area (Å²) in [6.07, 6.45) is 0.855. The number of pyridine rings is 1. The highest BCUT2D eigenvalue weighted by atomic mass is 19.1. The normalized spacial score (nSPS) is 22.2. The largest absolute Gasteiger partial charge is 0.369 e. The lowest BCUT2D eigenvalue weighted by Gasteiger charge is -2.27. The third-order valence-corrected chi connectivity index (χ3v) is 3.55. The molecule has 0 unspecified atom stereocenters. The molecule has 0 aromatic carbocycles. The van der Waals surface area contributed by atoms with Crippen molar-refractivity contribution in [2.24, 2.45) is 5.73 Å². The van der Waals surface area contributed by atoms with E-state index in [1.165, 1.54) is 4.90 Å². The number of nitrogens with zero attached hydrogens (tertiary/aromatic N) is 3. The van der Waals surface area contributed by atoms with Gasteiger partial charge >= 0.3 is 0 Å². The molecule has 1 fully saturated rings. The van der Waals surface area contributed by atoms with Crippen molar-refractivity contribution in [3.05, 3.63) is 30.1 Å². The Morgan fingerprint density at radius 3 is 2.90 bits per heavy atom. The van der Waals surface area contributed by atoms with Gasteiger partial charge in [0.2, 0.25) is 5.91 Å². The van der Waals surface area contributed by atoms with E-state index in [1.807, 2.05) is 0 Å². The van der Waals surface area contributed by atoms with E-state index in [0.717, 1.165) is 0 Å². The van der Waals surface area contributed by atoms with Gasteiger partial charge in [0.1, 0.15) is 11.9 Å². The van der Waals surface area contributed by atoms with Crippen molar-refractivity contribution in [3.8, 4) is 0 Å². The van der Waals surface area contributed by atoms with Crippen molar-refractivity contribution in [3.63, 3.8) is 0 Å². The zero-order chi connectivity index (χ0) is 15.4. The van der Waals surface area contributed by atoms with Gasteiger partial charge in [-0.15, -0.1) is 0 Å². The van der Waals surface area contributed by atoms with Gasteiger partial charge in [-0.1, -0.05) is 6.07 Å². The van der Waals surface area contributed by atoms with Gasteiger partial charge in [0, 0.05) is 32.4 Å². The van der Waals surface area contributed by atoms with E-state index in [1.54, 1.807) is 36.3 Å². The molecule has 1 aromatic rings. The van der Waals surface area contributed by atoms with Gasteiger partial charge < -0.3 is 10.6 Å². The Bertz CT molecular complexity index is 511. The molecule has 6 nitrogen and oxygen atoms in total. The number of alkyl halides is 1. The van der Waals surface area contributed by atoms with E-state index in [0.29, 0.717) is 18.7 Å². The number of amides is 2. The molecule has 2 rings (SSSR count). The predicted molar refractivity (Wildman–Crippen MR) is 75.3 cm³/mol. The summed E-state index contributed by atoms with van der Waals surface area (Å²) < 4.78 is 13.5. The molecule has 2 heterocycles. The Morgan fingerprint density at radius 1 is 1.52 bits per heavy atom. The van der Waals surface area contributed by atoms with E-state index >= 15 is 0 Å². The van der Waals surface area contributed by atoms with Crippen molar-refractivity contribution in [1.29, 1.82) is 0 Å². The first kappa shape index (κ1) is 15.4. The second kappa shape index (κ2) is 6.62. The maximum atomic E-state index is 13.5. The predicted octanol–water partition coefficient (Wildman–Crippen LogP) is 0.0513. The summed E-state index contributed by atoms with van der Waals surface area (Å²) >= 11 is 0. The van der Waals surface area contributed by atoms with Crippen molar-refractivity contribution in [2.75, 3.05) is 26.7 Å². The van der Waals surface area contributed by atoms with Crippen molar-refractivity contribution < 1.29 is 14.0 Å². The molecule has 0 saturated carbocycles. The highest BCUT2D eigenvalue weighted by Gasteiger charge is 2.34. The zero-order valence-corrected chi connectivity index (χ0v) is 11.9. The Morgan fingerprint density at radius 2 is 2.29 bits per heavy atom. The molecule has 1 aliphatic heterocycles. The molecule has 2 amide bonds. The fraction of sp³-hybridized carbons (Fsp3) is 0.500. The molecular formula is C14H19FN4O2. The monoisotopic (exact) mass is 294 g/mol. The standard InChI is InChI=1S/C14H19FN4O2/c1-18(14(21)12-4-2-3-5-17-12)8-11-6-10(15)7-19(11)9-13(16)20/h2-5,10-11H,6-9H2,1H3,(H2,16,20)/t10-,11-/m0/s1. The number of nitrogens with two attached hydrogens (primary N) is 1. The minimum atomic E-state index is -0.993. The summed E-state index contributed by atoms with van der Waals surface area (Å²) in [4.78, 5) is 30.4. The highest BCUT2D eigenvalue weighted by molar-refractivity contribution is 5.92. The number of aromatic nitrogens is 1. The van der Waals surface area contributed by atoms with Gasteiger partial charge in [-0.2, -0.15) is 0 Å². The summed E-state index contributed by atoms with van der Waals surface area (Å²) in [6, 6.07) is 4.90. The van der Waals surface area contributed by atoms with Gasteiger partial charge in [0.05, 0.1) is 6.54 Å². The molecular weight excluding hydrogens is 275 g/mol. The van der Waals surface area contributed by atoms with E-state index in [-0.39, 0.29) is 25.0 Å². The number of hydrogen-bond acceptors (Lipinski definition) is 4. The van der Waals surface area contributed by atoms with Crippen LogP contribution in [0.4, 0.5) is 4.39 Å². The summed E-state index contributed by atoms with van der Waals surface area (Å²) in [6.45, 7) is 0.527. The van der Waals surface area contributed by atoms with Crippen LogP contribution in [0.25, 0.3) is 0 Å². The van der Waals surface area contributed by atoms with Gasteiger partial charge in [-0.05, 0) is 18.6 Å². The molecule has 0 radical (unpaired) electrons. The number of halogens is 1. The summed E-state index contributed by atoms with van der Waals surface area (Å²) in [5, 5.41) is 0. The summed E-state index contributed by atoms with van der Waals surface area (Å²) in [5.74, 6) is -0.718. The lowest BCUT2D eigenvalue weighted by molar-refractivity contribution is -0.119. The van der Waals surface area contributed by atoms with Crippen molar-refractivity contribution in [2.45, 2.75) is 18.6 Å². The van der Waals surface area contributed by atoms with Crippen molar-refractivity contribution in [1.82, 2.24) is 14.8 Å². The van der Waals surface area contributed by atoms with Crippen LogP contribution in [-0.4, -0.2) is 65.5 Å². The number of likely N-dealkylation sites (tertiary alicyclic amines) is 1. The van der Waals surface area contributed by atoms with E-state index in [2.05, 4.69) is 4.98 Å². The fourth-order valence-electron chi connectivity index (χ4n) is 2.59. The van der Waals surface area contributed by atoms with Gasteiger partial charge in [0.15, 0.2) is 0 Å². The minimum Gasteiger partial charge on any atom is -0.369 e. The quantitative estimate of drug-likeness (QED) is 0.832. The lowest BCUT2D eigenvalue weighted by atomic mass is 10.2. The molecule has 7 heteroatoms. The smallest absolute Gasteiger partial charge is 0.272 e. The molecule has 0 spiro atoms. The first-order valence-electron chi connectivity index (χ1n) is 6.80. The van der Waals surface area contributed by atoms with E-state index < -0.39 is 12.1 Å². The van der Waals surface area contributed by atoms with Crippen LogP contribution in [-0.2, 0) is 4.79 Å². The third-order valence-electron chi connectivity index (χ3n) is 3.55. The number of likely N-dealkylation sites (N-methyl/N-ethyl adjacent to an activating group) is 1. The molecule has 1 saturated heterocycles. The number of primary amides is 1. The summed E-state index contributed by atoms with van der Waals surface area (Å²) in [5.41, 5.74) is 5.51. The molecule has 1 aliphatic rings. The molecule has 2 atom stereocenters. The molecule has 1 aromatic heterocycles. The van der Waals surface area contributed by atoms with E-state index in [9.17, 15) is 14.0 Å². The first-order valence-corrected chi connectivity index (χ1v) is 6.80. The highest BCUT2D eigenvalue weighted by Crippen LogP contribution is 2.21. The maximum Gasteiger partial charge on any atom is 0.272 e. The second-order valence-corrected chi connectivity index (χ2v) is 5.28. The second-order valence-electron chi connectivity index (χ2n) is 5.28. The van der Waals surface area contributed by atoms with Crippen LogP contribution in [0.15, 0.2) is 24.4 Å². The average molecular weight is 294 g/mol. The number of carbonyl (C=O) groups excluding carboxylic acids is 2. The number of carbonyl (C=O) groups is 2. The summed E-state index contributed by atoms with van der Waals surface area (Å²) in [7, 11) is 1.64. The van der Waals surface area contributed by atoms with Crippen LogP contribution in [0.5, 0.6) is 0 Å². The van der Waals surface area contributed by atoms with Crippen LogP contribution >= 0.6 is 0 Å². The third kappa shape index (κ3) is 3.98. The Hall–Kier alpha value is -2.02. The van der Waals surface area contributed by atoms with Gasteiger partial charge in [0.25, 0.3) is 5.91 Å². The molecule has 114 valence electrons. The maximum absolute atomic E-state index is 13.5. The number of hydrogen-bond donors (Lipinski definition) is 1. The SMILES string of the molecule is CN(C[C@@H]1C[C@H](F)CN1CC(N)=O)C(=O)c1ccccn1. The minimum absolute atomic E-state index is 0.0106. The number of rotatable bonds is 5. The zero-order valence-electron chi connectivity index (χ0n) is 11.9. The van der Waals surface area contributed by atoms with Gasteiger partial charge in [-0.25, -0.2) is 4.39 Å². The first-order chi connectivity index (χ1) is 9.97. The van der Waals surface area contributed by atoms with Crippen LogP contribution in [0.2, 0.25) is 0 Å². The molecule has 2 N–H and O–H groups in total. The Kier molecular flexibility index (Phi) is 4.85. The van der Waals surface area contributed by atoms with Crippen molar-refractivity contribution >= 4 is 11.8 Å². The molecule has 21 heavy (non-hydrogen) atoms. The van der Waals surface area contributed by atoms with Crippen LogP contribution in [0, 0.1) is 0 Å². The fourth-order valence-corrected chi connectivity index (χ4v) is 2.59.